The molecule has 4 atom stereocenters. The van der Waals surface area contributed by atoms with Crippen LogP contribution < -0.4 is 4.90 Å². The lowest BCUT2D eigenvalue weighted by Gasteiger charge is -2.27. The molecular weight excluding hydrogens is 354 g/mol. The van der Waals surface area contributed by atoms with Crippen molar-refractivity contribution in [2.24, 2.45) is 17.8 Å². The molecule has 4 rings (SSSR count). The van der Waals surface area contributed by atoms with E-state index >= 15 is 0 Å². The van der Waals surface area contributed by atoms with Gasteiger partial charge in [-0.15, -0.1) is 0 Å². The van der Waals surface area contributed by atoms with Crippen LogP contribution in [0.15, 0.2) is 12.3 Å². The molecule has 2 aliphatic heterocycles. The van der Waals surface area contributed by atoms with E-state index in [2.05, 4.69) is 16.8 Å². The number of piperidine rings is 1. The third-order valence-electron chi connectivity index (χ3n) is 6.50. The Morgan fingerprint density at radius 1 is 1.11 bits per heavy atom. The molecule has 3 heterocycles. The molecule has 2 saturated heterocycles. The normalized spacial score (nSPS) is 29.7. The zero-order valence-electron chi connectivity index (χ0n) is 17.2. The van der Waals surface area contributed by atoms with E-state index in [1.807, 2.05) is 11.0 Å². The summed E-state index contributed by atoms with van der Waals surface area (Å²) in [6, 6.07) is 1.92. The maximum atomic E-state index is 12.9. The van der Waals surface area contributed by atoms with Crippen molar-refractivity contribution >= 4 is 17.8 Å². The minimum Gasteiger partial charge on any atom is -0.349 e. The molecule has 0 N–H and O–H groups in total. The molecule has 0 aromatic carbocycles. The fourth-order valence-electron chi connectivity index (χ4n) is 4.58. The highest BCUT2D eigenvalue weighted by Gasteiger charge is 2.47. The van der Waals surface area contributed by atoms with Gasteiger partial charge >= 0.3 is 0 Å². The van der Waals surface area contributed by atoms with Gasteiger partial charge in [0, 0.05) is 58.3 Å². The number of nitrogens with zero attached hydrogens (tertiary/aromatic N) is 5. The second kappa shape index (κ2) is 7.68. The number of carbonyl (C=O) groups excluding carboxylic acids is 2. The highest BCUT2D eigenvalue weighted by Crippen LogP contribution is 2.42. The summed E-state index contributed by atoms with van der Waals surface area (Å²) in [7, 11) is 3.57. The van der Waals surface area contributed by atoms with Gasteiger partial charge in [-0.1, -0.05) is 6.92 Å². The van der Waals surface area contributed by atoms with Crippen molar-refractivity contribution in [3.8, 4) is 0 Å². The summed E-state index contributed by atoms with van der Waals surface area (Å²) < 4.78 is 0. The zero-order valence-corrected chi connectivity index (χ0v) is 17.2. The first-order chi connectivity index (χ1) is 13.5. The average Bonchev–Trinajstić information content (AvgIpc) is 3.28. The molecule has 3 aliphatic rings. The van der Waals surface area contributed by atoms with E-state index in [1.165, 1.54) is 19.3 Å². The van der Waals surface area contributed by atoms with Gasteiger partial charge in [0.25, 0.3) is 0 Å². The fraction of sp³-hybridized carbons (Fsp3) is 0.714. The summed E-state index contributed by atoms with van der Waals surface area (Å²) in [6.45, 7) is 5.15. The summed E-state index contributed by atoms with van der Waals surface area (Å²) >= 11 is 0. The Balaban J connectivity index is 1.58. The van der Waals surface area contributed by atoms with Crippen molar-refractivity contribution in [1.29, 1.82) is 0 Å². The molecule has 1 aliphatic carbocycles. The van der Waals surface area contributed by atoms with Gasteiger partial charge in [-0.25, -0.2) is 9.97 Å². The van der Waals surface area contributed by atoms with Crippen LogP contribution in [0.25, 0.3) is 0 Å². The third-order valence-corrected chi connectivity index (χ3v) is 6.50. The number of likely N-dealkylation sites (tertiary alicyclic amines) is 1. The molecule has 7 nitrogen and oxygen atoms in total. The second-order valence-electron chi connectivity index (χ2n) is 8.84. The number of amides is 2. The van der Waals surface area contributed by atoms with Gasteiger partial charge in [0.05, 0.1) is 11.6 Å². The van der Waals surface area contributed by atoms with Crippen LogP contribution in [0.4, 0.5) is 5.95 Å². The Hall–Kier alpha value is -2.18. The summed E-state index contributed by atoms with van der Waals surface area (Å²) in [5, 5.41) is 0. The largest absolute Gasteiger partial charge is 0.349 e. The highest BCUT2D eigenvalue weighted by molar-refractivity contribution is 5.85. The number of carbonyl (C=O) groups is 2. The molecular formula is C21H31N5O2. The van der Waals surface area contributed by atoms with Crippen LogP contribution in [0.5, 0.6) is 0 Å². The van der Waals surface area contributed by atoms with Crippen LogP contribution in [-0.4, -0.2) is 71.9 Å². The molecule has 1 saturated carbocycles. The van der Waals surface area contributed by atoms with E-state index in [0.717, 1.165) is 31.2 Å². The van der Waals surface area contributed by atoms with E-state index in [4.69, 9.17) is 4.98 Å². The zero-order chi connectivity index (χ0) is 19.8. The number of hydrogen-bond donors (Lipinski definition) is 0. The average molecular weight is 386 g/mol. The molecule has 1 aromatic rings. The maximum absolute atomic E-state index is 12.9. The maximum Gasteiger partial charge on any atom is 0.227 e. The van der Waals surface area contributed by atoms with Crippen LogP contribution >= 0.6 is 0 Å². The molecule has 1 aromatic heterocycles. The van der Waals surface area contributed by atoms with E-state index in [-0.39, 0.29) is 29.6 Å². The lowest BCUT2D eigenvalue weighted by molar-refractivity contribution is -0.134. The Kier molecular flexibility index (Phi) is 5.25. The van der Waals surface area contributed by atoms with Crippen LogP contribution in [0.3, 0.4) is 0 Å². The predicted octanol–water partition coefficient (Wildman–Crippen LogP) is 1.75. The van der Waals surface area contributed by atoms with Gasteiger partial charge in [0.15, 0.2) is 0 Å². The molecule has 0 unspecified atom stereocenters. The Bertz CT molecular complexity index is 746. The first-order valence-electron chi connectivity index (χ1n) is 10.5. The highest BCUT2D eigenvalue weighted by atomic mass is 16.2. The van der Waals surface area contributed by atoms with E-state index in [1.54, 1.807) is 25.2 Å². The van der Waals surface area contributed by atoms with Gasteiger partial charge < -0.3 is 14.7 Å². The van der Waals surface area contributed by atoms with Crippen LogP contribution in [0.2, 0.25) is 0 Å². The standard InChI is InChI=1S/C21H31N5O2/c1-14-11-15(14)20(28)26-12-16(17(13-26)19(27)24(2)3)18-7-8-22-21(23-18)25-9-5-4-6-10-25/h7-8,14-17H,4-6,9-13H2,1-3H3/t14-,15-,16-,17-/m0/s1. The number of anilines is 1. The topological polar surface area (TPSA) is 69.6 Å². The Morgan fingerprint density at radius 3 is 2.46 bits per heavy atom. The van der Waals surface area contributed by atoms with Crippen LogP contribution in [-0.2, 0) is 9.59 Å². The molecule has 28 heavy (non-hydrogen) atoms. The van der Waals surface area contributed by atoms with Crippen molar-refractivity contribution in [3.05, 3.63) is 18.0 Å². The Morgan fingerprint density at radius 2 is 1.82 bits per heavy atom. The summed E-state index contributed by atoms with van der Waals surface area (Å²) in [6.07, 6.45) is 6.37. The minimum atomic E-state index is -0.239. The lowest BCUT2D eigenvalue weighted by Crippen LogP contribution is -2.35. The second-order valence-corrected chi connectivity index (χ2v) is 8.84. The minimum absolute atomic E-state index is 0.0700. The van der Waals surface area contributed by atoms with E-state index in [9.17, 15) is 9.59 Å². The molecule has 3 fully saturated rings. The molecule has 0 bridgehead atoms. The first kappa shape index (κ1) is 19.2. The van der Waals surface area contributed by atoms with Crippen LogP contribution in [0, 0.1) is 17.8 Å². The summed E-state index contributed by atoms with van der Waals surface area (Å²) in [5.74, 6) is 1.34. The lowest BCUT2D eigenvalue weighted by atomic mass is 9.91. The first-order valence-corrected chi connectivity index (χ1v) is 10.5. The van der Waals surface area contributed by atoms with Crippen molar-refractivity contribution in [3.63, 3.8) is 0 Å². The summed E-state index contributed by atoms with van der Waals surface area (Å²) in [5.41, 5.74) is 0.884. The van der Waals surface area contributed by atoms with Crippen molar-refractivity contribution in [1.82, 2.24) is 19.8 Å². The third kappa shape index (κ3) is 3.71. The molecule has 0 spiro atoms. The SMILES string of the molecule is C[C@H]1C[C@@H]1C(=O)N1C[C@H](C(=O)N(C)C)[C@@H](c2ccnc(N3CCCCC3)n2)C1. The fourth-order valence-corrected chi connectivity index (χ4v) is 4.58. The molecule has 2 amide bonds. The van der Waals surface area contributed by atoms with E-state index in [0.29, 0.717) is 19.0 Å². The van der Waals surface area contributed by atoms with Crippen molar-refractivity contribution < 1.29 is 9.59 Å². The smallest absolute Gasteiger partial charge is 0.227 e. The quantitative estimate of drug-likeness (QED) is 0.790. The number of aromatic nitrogens is 2. The van der Waals surface area contributed by atoms with Crippen LogP contribution in [0.1, 0.15) is 44.2 Å². The number of hydrogen-bond acceptors (Lipinski definition) is 5. The van der Waals surface area contributed by atoms with Gasteiger partial charge in [-0.2, -0.15) is 0 Å². The van der Waals surface area contributed by atoms with Crippen molar-refractivity contribution in [2.45, 2.75) is 38.5 Å². The van der Waals surface area contributed by atoms with Gasteiger partial charge in [-0.05, 0) is 37.7 Å². The summed E-state index contributed by atoms with van der Waals surface area (Å²) in [4.78, 5) is 40.8. The monoisotopic (exact) mass is 385 g/mol. The van der Waals surface area contributed by atoms with Gasteiger partial charge in [-0.3, -0.25) is 9.59 Å². The number of rotatable bonds is 4. The van der Waals surface area contributed by atoms with Gasteiger partial charge in [0.2, 0.25) is 17.8 Å². The van der Waals surface area contributed by atoms with Gasteiger partial charge in [0.1, 0.15) is 0 Å². The van der Waals surface area contributed by atoms with E-state index < -0.39 is 0 Å². The van der Waals surface area contributed by atoms with Crippen molar-refractivity contribution in [2.75, 3.05) is 45.2 Å². The molecule has 7 heteroatoms. The Labute approximate surface area is 167 Å². The predicted molar refractivity (Wildman–Crippen MR) is 107 cm³/mol. The molecule has 152 valence electrons. The molecule has 0 radical (unpaired) electrons.